The first-order valence-corrected chi connectivity index (χ1v) is 8.92. The van der Waals surface area contributed by atoms with E-state index >= 15 is 0 Å². The van der Waals surface area contributed by atoms with Gasteiger partial charge in [-0.15, -0.1) is 22.7 Å². The molecule has 3 rings (SSSR count). The van der Waals surface area contributed by atoms with Crippen molar-refractivity contribution in [3.05, 3.63) is 44.9 Å². The third-order valence-corrected chi connectivity index (χ3v) is 4.88. The molecule has 0 spiro atoms. The van der Waals surface area contributed by atoms with Crippen molar-refractivity contribution in [2.45, 2.75) is 20.0 Å². The van der Waals surface area contributed by atoms with Gasteiger partial charge < -0.3 is 9.80 Å². The lowest BCUT2D eigenvalue weighted by atomic mass is 10.3. The Morgan fingerprint density at radius 2 is 1.52 bits per heavy atom. The van der Waals surface area contributed by atoms with Gasteiger partial charge >= 0.3 is 0 Å². The summed E-state index contributed by atoms with van der Waals surface area (Å²) in [6, 6.07) is 0. The van der Waals surface area contributed by atoms with Crippen molar-refractivity contribution in [2.24, 2.45) is 0 Å². The lowest BCUT2D eigenvalue weighted by Crippen LogP contribution is -2.23. The Morgan fingerprint density at radius 3 is 2.09 bits per heavy atom. The average Bonchev–Trinajstić information content (AvgIpc) is 3.21. The Morgan fingerprint density at radius 1 is 0.913 bits per heavy atom. The second kappa shape index (κ2) is 7.01. The van der Waals surface area contributed by atoms with Gasteiger partial charge in [0.05, 0.1) is 13.1 Å². The van der Waals surface area contributed by atoms with E-state index in [0.29, 0.717) is 12.5 Å². The number of anilines is 2. The molecule has 0 N–H and O–H groups in total. The number of hydrogen-bond acceptors (Lipinski definition) is 8. The standard InChI is InChI=1S/C15H18N6S2/c1-11-8-18-15(21(3)10-13-17-5-7-23-13)19-14(11)20(2)9-12-16-4-6-22-12/h4-8H,9-10H2,1-3H3. The van der Waals surface area contributed by atoms with Crippen molar-refractivity contribution in [3.63, 3.8) is 0 Å². The first kappa shape index (κ1) is 15.8. The quantitative estimate of drug-likeness (QED) is 0.684. The second-order valence-electron chi connectivity index (χ2n) is 5.24. The van der Waals surface area contributed by atoms with Crippen LogP contribution in [0.5, 0.6) is 0 Å². The van der Waals surface area contributed by atoms with Gasteiger partial charge in [0, 0.05) is 49.0 Å². The highest BCUT2D eigenvalue weighted by atomic mass is 32.1. The third kappa shape index (κ3) is 3.83. The fraction of sp³-hybridized carbons (Fsp3) is 0.333. The zero-order valence-corrected chi connectivity index (χ0v) is 14.9. The molecule has 0 saturated carbocycles. The molecule has 120 valence electrons. The molecule has 0 amide bonds. The normalized spacial score (nSPS) is 10.7. The van der Waals surface area contributed by atoms with Crippen molar-refractivity contribution < 1.29 is 0 Å². The Hall–Kier alpha value is -2.06. The summed E-state index contributed by atoms with van der Waals surface area (Å²) >= 11 is 3.29. The number of hydrogen-bond donors (Lipinski definition) is 0. The summed E-state index contributed by atoms with van der Waals surface area (Å²) in [5, 5.41) is 6.09. The average molecular weight is 346 g/mol. The van der Waals surface area contributed by atoms with E-state index in [2.05, 4.69) is 19.9 Å². The van der Waals surface area contributed by atoms with Crippen LogP contribution in [0.4, 0.5) is 11.8 Å². The molecule has 0 unspecified atom stereocenters. The van der Waals surface area contributed by atoms with Gasteiger partial charge in [-0.2, -0.15) is 4.98 Å². The summed E-state index contributed by atoms with van der Waals surface area (Å²) in [6.45, 7) is 3.47. The molecule has 8 heteroatoms. The van der Waals surface area contributed by atoms with Gasteiger partial charge in [-0.1, -0.05) is 0 Å². The maximum absolute atomic E-state index is 4.73. The Balaban J connectivity index is 1.78. The van der Waals surface area contributed by atoms with Crippen LogP contribution in [0.25, 0.3) is 0 Å². The Labute approximate surface area is 143 Å². The molecule has 0 aliphatic rings. The van der Waals surface area contributed by atoms with Crippen LogP contribution in [-0.2, 0) is 13.1 Å². The molecule has 3 heterocycles. The van der Waals surface area contributed by atoms with Gasteiger partial charge in [0.15, 0.2) is 0 Å². The molecular weight excluding hydrogens is 328 g/mol. The van der Waals surface area contributed by atoms with Gasteiger partial charge in [-0.05, 0) is 6.92 Å². The molecule has 0 aliphatic carbocycles. The molecule has 23 heavy (non-hydrogen) atoms. The third-order valence-electron chi connectivity index (χ3n) is 3.35. The van der Waals surface area contributed by atoms with Crippen LogP contribution >= 0.6 is 22.7 Å². The van der Waals surface area contributed by atoms with Gasteiger partial charge in [-0.25, -0.2) is 15.0 Å². The summed E-state index contributed by atoms with van der Waals surface area (Å²) in [4.78, 5) is 21.9. The van der Waals surface area contributed by atoms with Crippen molar-refractivity contribution in [1.82, 2.24) is 19.9 Å². The van der Waals surface area contributed by atoms with Gasteiger partial charge in [0.2, 0.25) is 5.95 Å². The predicted octanol–water partition coefficient (Wildman–Crippen LogP) is 2.97. The van der Waals surface area contributed by atoms with Gasteiger partial charge in [0.1, 0.15) is 15.8 Å². The first-order valence-electron chi connectivity index (χ1n) is 7.16. The number of aryl methyl sites for hydroxylation is 1. The fourth-order valence-corrected chi connectivity index (χ4v) is 3.55. The van der Waals surface area contributed by atoms with Crippen LogP contribution < -0.4 is 9.80 Å². The molecule has 0 atom stereocenters. The summed E-state index contributed by atoms with van der Waals surface area (Å²) in [5.41, 5.74) is 1.05. The minimum Gasteiger partial charge on any atom is -0.353 e. The van der Waals surface area contributed by atoms with Crippen molar-refractivity contribution in [1.29, 1.82) is 0 Å². The highest BCUT2D eigenvalue weighted by molar-refractivity contribution is 7.09. The monoisotopic (exact) mass is 346 g/mol. The molecule has 0 aliphatic heterocycles. The number of rotatable bonds is 6. The molecule has 0 aromatic carbocycles. The van der Waals surface area contributed by atoms with Crippen LogP contribution in [0.15, 0.2) is 29.4 Å². The van der Waals surface area contributed by atoms with Crippen molar-refractivity contribution in [2.75, 3.05) is 23.9 Å². The van der Waals surface area contributed by atoms with Crippen molar-refractivity contribution >= 4 is 34.4 Å². The number of aromatic nitrogens is 4. The molecule has 6 nitrogen and oxygen atoms in total. The first-order chi connectivity index (χ1) is 11.1. The zero-order chi connectivity index (χ0) is 16.2. The lowest BCUT2D eigenvalue weighted by molar-refractivity contribution is 0.829. The summed E-state index contributed by atoms with van der Waals surface area (Å²) in [7, 11) is 4.01. The molecule has 0 bridgehead atoms. The van der Waals surface area contributed by atoms with E-state index in [0.717, 1.165) is 27.9 Å². The van der Waals surface area contributed by atoms with Crippen LogP contribution in [0.1, 0.15) is 15.6 Å². The SMILES string of the molecule is Cc1cnc(N(C)Cc2nccs2)nc1N(C)Cc1nccs1. The van der Waals surface area contributed by atoms with E-state index in [1.807, 2.05) is 55.3 Å². The summed E-state index contributed by atoms with van der Waals surface area (Å²) < 4.78 is 0. The van der Waals surface area contributed by atoms with Gasteiger partial charge in [0.25, 0.3) is 0 Å². The molecule has 0 fully saturated rings. The lowest BCUT2D eigenvalue weighted by Gasteiger charge is -2.22. The van der Waals surface area contributed by atoms with Crippen LogP contribution in [0.3, 0.4) is 0 Å². The maximum atomic E-state index is 4.73. The zero-order valence-electron chi connectivity index (χ0n) is 13.3. The Bertz CT molecular complexity index is 741. The minimum absolute atomic E-state index is 0.701. The minimum atomic E-state index is 0.701. The van der Waals surface area contributed by atoms with E-state index in [1.54, 1.807) is 22.7 Å². The summed E-state index contributed by atoms with van der Waals surface area (Å²) in [6.07, 6.45) is 5.51. The number of nitrogens with zero attached hydrogens (tertiary/aromatic N) is 6. The van der Waals surface area contributed by atoms with E-state index in [1.165, 1.54) is 0 Å². The van der Waals surface area contributed by atoms with Crippen LogP contribution in [-0.4, -0.2) is 34.0 Å². The Kier molecular flexibility index (Phi) is 4.82. The van der Waals surface area contributed by atoms with E-state index in [9.17, 15) is 0 Å². The number of thiazole rings is 2. The van der Waals surface area contributed by atoms with Gasteiger partial charge in [-0.3, -0.25) is 0 Å². The highest BCUT2D eigenvalue weighted by Crippen LogP contribution is 2.21. The van der Waals surface area contributed by atoms with E-state index in [4.69, 9.17) is 4.98 Å². The molecule has 3 aromatic heterocycles. The summed E-state index contributed by atoms with van der Waals surface area (Å²) in [5.74, 6) is 1.63. The highest BCUT2D eigenvalue weighted by Gasteiger charge is 2.13. The van der Waals surface area contributed by atoms with Crippen LogP contribution in [0, 0.1) is 6.92 Å². The fourth-order valence-electron chi connectivity index (χ4n) is 2.21. The maximum Gasteiger partial charge on any atom is 0.227 e. The van der Waals surface area contributed by atoms with Crippen molar-refractivity contribution in [3.8, 4) is 0 Å². The predicted molar refractivity (Wildman–Crippen MR) is 95.2 cm³/mol. The molecule has 0 radical (unpaired) electrons. The molecule has 3 aromatic rings. The largest absolute Gasteiger partial charge is 0.353 e. The van der Waals surface area contributed by atoms with E-state index < -0.39 is 0 Å². The topological polar surface area (TPSA) is 58.0 Å². The smallest absolute Gasteiger partial charge is 0.227 e. The molecule has 0 saturated heterocycles. The molecular formula is C15H18N6S2. The second-order valence-corrected chi connectivity index (χ2v) is 7.20. The van der Waals surface area contributed by atoms with Crippen LogP contribution in [0.2, 0.25) is 0 Å². The van der Waals surface area contributed by atoms with E-state index in [-0.39, 0.29) is 0 Å².